The molecule has 7 heteroatoms. The number of guanidine groups is 1. The molecular weight excluding hydrogens is 479 g/mol. The lowest BCUT2D eigenvalue weighted by atomic mass is 9.84. The molecule has 0 saturated carbocycles. The molecule has 0 aromatic heterocycles. The molecule has 1 amide bonds. The summed E-state index contributed by atoms with van der Waals surface area (Å²) in [6, 6.07) is 8.73. The topological polar surface area (TPSA) is 57.2 Å². The SMILES string of the molecule is CN=C(NCC(C)(C)c1ccc(C)cc1)N1CCN(C(=O)C2CCCO2)CC1.I. The number of rotatable bonds is 4. The molecule has 29 heavy (non-hydrogen) atoms. The van der Waals surface area contributed by atoms with E-state index in [1.54, 1.807) is 0 Å². The van der Waals surface area contributed by atoms with Crippen molar-refractivity contribution >= 4 is 35.8 Å². The van der Waals surface area contributed by atoms with Crippen molar-refractivity contribution in [2.45, 2.75) is 45.1 Å². The highest BCUT2D eigenvalue weighted by atomic mass is 127. The predicted octanol–water partition coefficient (Wildman–Crippen LogP) is 2.79. The molecule has 2 aliphatic rings. The van der Waals surface area contributed by atoms with Crippen molar-refractivity contribution in [1.82, 2.24) is 15.1 Å². The lowest BCUT2D eigenvalue weighted by molar-refractivity contribution is -0.142. The van der Waals surface area contributed by atoms with Gasteiger partial charge in [-0.25, -0.2) is 0 Å². The zero-order valence-corrected chi connectivity index (χ0v) is 20.4. The summed E-state index contributed by atoms with van der Waals surface area (Å²) in [6.07, 6.45) is 1.62. The summed E-state index contributed by atoms with van der Waals surface area (Å²) in [7, 11) is 1.82. The van der Waals surface area contributed by atoms with E-state index in [0.29, 0.717) is 6.61 Å². The summed E-state index contributed by atoms with van der Waals surface area (Å²) in [6.45, 7) is 11.2. The smallest absolute Gasteiger partial charge is 0.251 e. The fourth-order valence-electron chi connectivity index (χ4n) is 3.85. The molecule has 0 radical (unpaired) electrons. The zero-order chi connectivity index (χ0) is 20.1. The highest BCUT2D eigenvalue weighted by molar-refractivity contribution is 14.0. The summed E-state index contributed by atoms with van der Waals surface area (Å²) < 4.78 is 5.55. The van der Waals surface area contributed by atoms with Gasteiger partial charge < -0.3 is 19.9 Å². The first kappa shape index (κ1) is 23.9. The van der Waals surface area contributed by atoms with Gasteiger partial charge in [0.2, 0.25) is 0 Å². The zero-order valence-electron chi connectivity index (χ0n) is 18.1. The van der Waals surface area contributed by atoms with Gasteiger partial charge in [0.1, 0.15) is 6.10 Å². The molecule has 1 N–H and O–H groups in total. The lowest BCUT2D eigenvalue weighted by Gasteiger charge is -2.38. The maximum Gasteiger partial charge on any atom is 0.251 e. The number of aliphatic imine (C=N–C) groups is 1. The van der Waals surface area contributed by atoms with E-state index in [9.17, 15) is 4.79 Å². The molecule has 0 spiro atoms. The van der Waals surface area contributed by atoms with Crippen LogP contribution in [0.4, 0.5) is 0 Å². The summed E-state index contributed by atoms with van der Waals surface area (Å²) in [5.74, 6) is 1.06. The molecule has 6 nitrogen and oxygen atoms in total. The Labute approximate surface area is 192 Å². The van der Waals surface area contributed by atoms with Crippen molar-refractivity contribution < 1.29 is 9.53 Å². The first-order chi connectivity index (χ1) is 13.4. The van der Waals surface area contributed by atoms with E-state index < -0.39 is 0 Å². The molecule has 2 aliphatic heterocycles. The first-order valence-electron chi connectivity index (χ1n) is 10.3. The van der Waals surface area contributed by atoms with Gasteiger partial charge in [-0.05, 0) is 25.3 Å². The summed E-state index contributed by atoms with van der Waals surface area (Å²) in [5, 5.41) is 3.54. The van der Waals surface area contributed by atoms with Crippen LogP contribution in [-0.4, -0.2) is 74.1 Å². The van der Waals surface area contributed by atoms with Crippen LogP contribution in [0, 0.1) is 6.92 Å². The highest BCUT2D eigenvalue weighted by Crippen LogP contribution is 2.23. The van der Waals surface area contributed by atoms with Gasteiger partial charge in [-0.15, -0.1) is 24.0 Å². The largest absolute Gasteiger partial charge is 0.368 e. The minimum absolute atomic E-state index is 0. The maximum absolute atomic E-state index is 12.5. The Kier molecular flexibility index (Phi) is 8.75. The molecule has 0 aliphatic carbocycles. The van der Waals surface area contributed by atoms with Crippen LogP contribution in [0.15, 0.2) is 29.3 Å². The fourth-order valence-corrected chi connectivity index (χ4v) is 3.85. The number of hydrogen-bond acceptors (Lipinski definition) is 3. The molecule has 1 unspecified atom stereocenters. The molecule has 2 fully saturated rings. The number of amides is 1. The highest BCUT2D eigenvalue weighted by Gasteiger charge is 2.31. The quantitative estimate of drug-likeness (QED) is 0.382. The second-order valence-corrected chi connectivity index (χ2v) is 8.46. The monoisotopic (exact) mass is 514 g/mol. The van der Waals surface area contributed by atoms with Gasteiger partial charge in [0, 0.05) is 51.8 Å². The number of carbonyl (C=O) groups excluding carboxylic acids is 1. The van der Waals surface area contributed by atoms with Crippen LogP contribution >= 0.6 is 24.0 Å². The molecule has 0 bridgehead atoms. The van der Waals surface area contributed by atoms with Crippen molar-refractivity contribution in [3.05, 3.63) is 35.4 Å². The van der Waals surface area contributed by atoms with Gasteiger partial charge in [0.05, 0.1) is 0 Å². The third-order valence-electron chi connectivity index (χ3n) is 5.83. The van der Waals surface area contributed by atoms with Gasteiger partial charge in [0.25, 0.3) is 5.91 Å². The van der Waals surface area contributed by atoms with Crippen molar-refractivity contribution in [3.63, 3.8) is 0 Å². The Morgan fingerprint density at radius 2 is 1.79 bits per heavy atom. The second-order valence-electron chi connectivity index (χ2n) is 8.46. The Morgan fingerprint density at radius 3 is 2.34 bits per heavy atom. The van der Waals surface area contributed by atoms with E-state index in [0.717, 1.165) is 51.5 Å². The Bertz CT molecular complexity index is 691. The van der Waals surface area contributed by atoms with Crippen LogP contribution in [0.5, 0.6) is 0 Å². The number of halogens is 1. The van der Waals surface area contributed by atoms with Crippen molar-refractivity contribution in [3.8, 4) is 0 Å². The average Bonchev–Trinajstić information content (AvgIpc) is 3.23. The van der Waals surface area contributed by atoms with Crippen molar-refractivity contribution in [2.75, 3.05) is 46.4 Å². The van der Waals surface area contributed by atoms with E-state index in [4.69, 9.17) is 4.74 Å². The number of nitrogens with one attached hydrogen (secondary N) is 1. The van der Waals surface area contributed by atoms with Crippen LogP contribution in [0.25, 0.3) is 0 Å². The van der Waals surface area contributed by atoms with Crippen molar-refractivity contribution in [1.29, 1.82) is 0 Å². The van der Waals surface area contributed by atoms with E-state index in [1.165, 1.54) is 11.1 Å². The maximum atomic E-state index is 12.5. The molecule has 162 valence electrons. The Hall–Kier alpha value is -1.35. The second kappa shape index (κ2) is 10.6. The predicted molar refractivity (Wildman–Crippen MR) is 128 cm³/mol. The molecule has 1 aromatic carbocycles. The van der Waals surface area contributed by atoms with E-state index in [-0.39, 0.29) is 41.4 Å². The fraction of sp³-hybridized carbons (Fsp3) is 0.636. The summed E-state index contributed by atoms with van der Waals surface area (Å²) >= 11 is 0. The Balaban J connectivity index is 0.00000300. The molecule has 3 rings (SSSR count). The first-order valence-corrected chi connectivity index (χ1v) is 10.3. The third-order valence-corrected chi connectivity index (χ3v) is 5.83. The van der Waals surface area contributed by atoms with Gasteiger partial charge in [-0.1, -0.05) is 43.7 Å². The Morgan fingerprint density at radius 1 is 1.17 bits per heavy atom. The van der Waals surface area contributed by atoms with Gasteiger partial charge >= 0.3 is 0 Å². The van der Waals surface area contributed by atoms with E-state index in [2.05, 4.69) is 60.2 Å². The summed E-state index contributed by atoms with van der Waals surface area (Å²) in [4.78, 5) is 21.2. The lowest BCUT2D eigenvalue weighted by Crippen LogP contribution is -2.56. The van der Waals surface area contributed by atoms with Crippen LogP contribution in [-0.2, 0) is 14.9 Å². The molecule has 2 saturated heterocycles. The van der Waals surface area contributed by atoms with Gasteiger partial charge in [0.15, 0.2) is 5.96 Å². The molecule has 1 aromatic rings. The minimum atomic E-state index is -0.223. The number of hydrogen-bond donors (Lipinski definition) is 1. The third kappa shape index (κ3) is 6.07. The van der Waals surface area contributed by atoms with E-state index >= 15 is 0 Å². The van der Waals surface area contributed by atoms with Crippen molar-refractivity contribution in [2.24, 2.45) is 4.99 Å². The number of nitrogens with zero attached hydrogens (tertiary/aromatic N) is 3. The van der Waals surface area contributed by atoms with Gasteiger partial charge in [-0.3, -0.25) is 9.79 Å². The normalized spacial score (nSPS) is 20.4. The standard InChI is InChI=1S/C22H34N4O2.HI/c1-17-7-9-18(10-8-17)22(2,3)16-24-21(23-4)26-13-11-25(12-14-26)20(27)19-6-5-15-28-19;/h7-10,19H,5-6,11-16H2,1-4H3,(H,23,24);1H. The summed E-state index contributed by atoms with van der Waals surface area (Å²) in [5.41, 5.74) is 2.59. The van der Waals surface area contributed by atoms with E-state index in [1.807, 2.05) is 11.9 Å². The molecule has 1 atom stereocenters. The number of aryl methyl sites for hydroxylation is 1. The average molecular weight is 514 g/mol. The van der Waals surface area contributed by atoms with Crippen LogP contribution in [0.1, 0.15) is 37.8 Å². The van der Waals surface area contributed by atoms with Crippen LogP contribution in [0.2, 0.25) is 0 Å². The minimum Gasteiger partial charge on any atom is -0.368 e. The molecular formula is C22H35IN4O2. The number of carbonyl (C=O) groups is 1. The van der Waals surface area contributed by atoms with Crippen LogP contribution < -0.4 is 5.32 Å². The van der Waals surface area contributed by atoms with Gasteiger partial charge in [-0.2, -0.15) is 0 Å². The number of ether oxygens (including phenoxy) is 1. The number of piperazine rings is 1. The molecule has 2 heterocycles. The number of benzene rings is 1. The van der Waals surface area contributed by atoms with Crippen LogP contribution in [0.3, 0.4) is 0 Å².